The molecule has 0 amide bonds. The van der Waals surface area contributed by atoms with Crippen molar-refractivity contribution in [3.05, 3.63) is 60.7 Å². The van der Waals surface area contributed by atoms with Crippen molar-refractivity contribution in [1.29, 1.82) is 0 Å². The summed E-state index contributed by atoms with van der Waals surface area (Å²) < 4.78 is 5.88. The molecule has 0 heterocycles. The van der Waals surface area contributed by atoms with E-state index in [9.17, 15) is 0 Å². The molecule has 2 aromatic rings. The third kappa shape index (κ3) is 6.78. The molecular formula is C24H32O. The Kier molecular flexibility index (Phi) is 8.90. The van der Waals surface area contributed by atoms with Crippen LogP contribution in [0.1, 0.15) is 63.9 Å². The van der Waals surface area contributed by atoms with E-state index in [1.807, 2.05) is 12.1 Å². The first-order chi connectivity index (χ1) is 12.3. The van der Waals surface area contributed by atoms with Crippen molar-refractivity contribution in [3.63, 3.8) is 0 Å². The minimum absolute atomic E-state index is 0.817. The first-order valence-electron chi connectivity index (χ1n) is 9.80. The van der Waals surface area contributed by atoms with E-state index in [0.29, 0.717) is 0 Å². The highest BCUT2D eigenvalue weighted by Gasteiger charge is 2.02. The van der Waals surface area contributed by atoms with E-state index in [4.69, 9.17) is 4.74 Å². The lowest BCUT2D eigenvalue weighted by molar-refractivity contribution is 0.304. The molecule has 2 rings (SSSR count). The van der Waals surface area contributed by atoms with Gasteiger partial charge in [-0.1, -0.05) is 101 Å². The van der Waals surface area contributed by atoms with Crippen molar-refractivity contribution in [2.45, 2.75) is 58.3 Å². The molecule has 25 heavy (non-hydrogen) atoms. The van der Waals surface area contributed by atoms with Crippen molar-refractivity contribution in [2.24, 2.45) is 0 Å². The van der Waals surface area contributed by atoms with E-state index in [2.05, 4.69) is 56.0 Å². The van der Waals surface area contributed by atoms with Crippen LogP contribution in [0, 0.1) is 0 Å². The van der Waals surface area contributed by atoms with Gasteiger partial charge < -0.3 is 4.74 Å². The third-order valence-electron chi connectivity index (χ3n) is 4.61. The van der Waals surface area contributed by atoms with E-state index >= 15 is 0 Å². The average Bonchev–Trinajstić information content (AvgIpc) is 2.67. The number of unbranched alkanes of at least 4 members (excludes halogenated alkanes) is 7. The van der Waals surface area contributed by atoms with Crippen LogP contribution in [0.2, 0.25) is 0 Å². The summed E-state index contributed by atoms with van der Waals surface area (Å²) in [7, 11) is 0. The maximum absolute atomic E-state index is 5.88. The molecule has 0 atom stereocenters. The molecular weight excluding hydrogens is 304 g/mol. The molecule has 0 aliphatic heterocycles. The Morgan fingerprint density at radius 2 is 1.44 bits per heavy atom. The van der Waals surface area contributed by atoms with Gasteiger partial charge in [-0.25, -0.2) is 0 Å². The van der Waals surface area contributed by atoms with E-state index in [-0.39, 0.29) is 0 Å². The Bertz CT molecular complexity index is 612. The van der Waals surface area contributed by atoms with Gasteiger partial charge in [-0.15, -0.1) is 0 Å². The molecule has 2 aromatic carbocycles. The van der Waals surface area contributed by atoms with Gasteiger partial charge in [0, 0.05) is 0 Å². The fraction of sp³-hybridized carbons (Fsp3) is 0.417. The highest BCUT2D eigenvalue weighted by atomic mass is 16.5. The van der Waals surface area contributed by atoms with Crippen molar-refractivity contribution >= 4 is 6.08 Å². The maximum atomic E-state index is 5.88. The number of ether oxygens (including phenoxy) is 1. The quantitative estimate of drug-likeness (QED) is 0.364. The smallest absolute Gasteiger partial charge is 0.119 e. The Morgan fingerprint density at radius 1 is 0.800 bits per heavy atom. The van der Waals surface area contributed by atoms with Gasteiger partial charge in [0.2, 0.25) is 0 Å². The molecule has 1 heteroatoms. The molecule has 0 saturated heterocycles. The fourth-order valence-electron chi connectivity index (χ4n) is 3.09. The van der Waals surface area contributed by atoms with E-state index < -0.39 is 0 Å². The normalized spacial score (nSPS) is 10.6. The number of hydrogen-bond donors (Lipinski definition) is 0. The Labute approximate surface area is 153 Å². The highest BCUT2D eigenvalue weighted by molar-refractivity contribution is 5.74. The fourth-order valence-corrected chi connectivity index (χ4v) is 3.09. The highest BCUT2D eigenvalue weighted by Crippen LogP contribution is 2.26. The molecule has 0 unspecified atom stereocenters. The lowest BCUT2D eigenvalue weighted by atomic mass is 10.00. The van der Waals surface area contributed by atoms with Gasteiger partial charge >= 0.3 is 0 Å². The van der Waals surface area contributed by atoms with Crippen molar-refractivity contribution in [2.75, 3.05) is 6.61 Å². The van der Waals surface area contributed by atoms with Crippen LogP contribution in [-0.2, 0) is 0 Å². The Hall–Kier alpha value is -2.02. The lowest BCUT2D eigenvalue weighted by Gasteiger charge is -2.09. The zero-order valence-electron chi connectivity index (χ0n) is 15.7. The van der Waals surface area contributed by atoms with Gasteiger partial charge in [0.15, 0.2) is 0 Å². The first-order valence-corrected chi connectivity index (χ1v) is 9.80. The topological polar surface area (TPSA) is 9.23 Å². The molecule has 0 bridgehead atoms. The zero-order valence-corrected chi connectivity index (χ0v) is 15.7. The van der Waals surface area contributed by atoms with Crippen LogP contribution < -0.4 is 4.74 Å². The summed E-state index contributed by atoms with van der Waals surface area (Å²) in [5, 5.41) is 0. The van der Waals surface area contributed by atoms with Gasteiger partial charge in [-0.3, -0.25) is 0 Å². The minimum atomic E-state index is 0.817. The van der Waals surface area contributed by atoms with E-state index in [1.165, 1.54) is 56.1 Å². The molecule has 0 spiro atoms. The Balaban J connectivity index is 1.70. The standard InChI is InChI=1S/C24H32O/c1-3-5-6-7-8-9-10-13-20-25-23-18-16-22(17-19-23)24-15-12-11-14-21(24)4-2/h4,11-12,14-19H,2-3,5-10,13,20H2,1H3. The van der Waals surface area contributed by atoms with Gasteiger partial charge in [0.1, 0.15) is 5.75 Å². The van der Waals surface area contributed by atoms with Crippen LogP contribution in [0.3, 0.4) is 0 Å². The molecule has 134 valence electrons. The minimum Gasteiger partial charge on any atom is -0.494 e. The number of rotatable bonds is 12. The summed E-state index contributed by atoms with van der Waals surface area (Å²) in [6.07, 6.45) is 12.5. The predicted molar refractivity (Wildman–Crippen MR) is 110 cm³/mol. The van der Waals surface area contributed by atoms with Gasteiger partial charge in [0.25, 0.3) is 0 Å². The summed E-state index contributed by atoms with van der Waals surface area (Å²) in [6, 6.07) is 16.7. The second-order valence-electron chi connectivity index (χ2n) is 6.64. The number of hydrogen-bond acceptors (Lipinski definition) is 1. The first kappa shape index (κ1) is 19.3. The van der Waals surface area contributed by atoms with Crippen LogP contribution in [0.25, 0.3) is 17.2 Å². The molecule has 0 saturated carbocycles. The SMILES string of the molecule is C=Cc1ccccc1-c1ccc(OCCCCCCCCCC)cc1. The molecule has 0 radical (unpaired) electrons. The molecule has 0 aliphatic rings. The summed E-state index contributed by atoms with van der Waals surface area (Å²) in [5.74, 6) is 0.961. The molecule has 0 fully saturated rings. The second kappa shape index (κ2) is 11.5. The molecule has 0 N–H and O–H groups in total. The largest absolute Gasteiger partial charge is 0.494 e. The summed E-state index contributed by atoms with van der Waals surface area (Å²) >= 11 is 0. The van der Waals surface area contributed by atoms with Crippen LogP contribution in [0.15, 0.2) is 55.1 Å². The zero-order chi connectivity index (χ0) is 17.7. The Morgan fingerprint density at radius 3 is 2.12 bits per heavy atom. The van der Waals surface area contributed by atoms with Crippen LogP contribution in [0.4, 0.5) is 0 Å². The van der Waals surface area contributed by atoms with Crippen LogP contribution in [-0.4, -0.2) is 6.61 Å². The average molecular weight is 337 g/mol. The number of benzene rings is 2. The molecule has 1 nitrogen and oxygen atoms in total. The second-order valence-corrected chi connectivity index (χ2v) is 6.64. The van der Waals surface area contributed by atoms with Crippen molar-refractivity contribution < 1.29 is 4.74 Å². The molecule has 0 aliphatic carbocycles. The monoisotopic (exact) mass is 336 g/mol. The van der Waals surface area contributed by atoms with Gasteiger partial charge in [-0.05, 0) is 35.2 Å². The van der Waals surface area contributed by atoms with Crippen LogP contribution in [0.5, 0.6) is 5.75 Å². The van der Waals surface area contributed by atoms with Crippen molar-refractivity contribution in [1.82, 2.24) is 0 Å². The van der Waals surface area contributed by atoms with E-state index in [1.54, 1.807) is 0 Å². The maximum Gasteiger partial charge on any atom is 0.119 e. The molecule has 0 aromatic heterocycles. The summed E-state index contributed by atoms with van der Waals surface area (Å²) in [5.41, 5.74) is 3.58. The van der Waals surface area contributed by atoms with Gasteiger partial charge in [-0.2, -0.15) is 0 Å². The predicted octanol–water partition coefficient (Wildman–Crippen LogP) is 7.52. The lowest BCUT2D eigenvalue weighted by Crippen LogP contribution is -1.97. The summed E-state index contributed by atoms with van der Waals surface area (Å²) in [6.45, 7) is 6.98. The van der Waals surface area contributed by atoms with Crippen LogP contribution >= 0.6 is 0 Å². The van der Waals surface area contributed by atoms with Gasteiger partial charge in [0.05, 0.1) is 6.61 Å². The summed E-state index contributed by atoms with van der Waals surface area (Å²) in [4.78, 5) is 0. The third-order valence-corrected chi connectivity index (χ3v) is 4.61. The van der Waals surface area contributed by atoms with E-state index in [0.717, 1.165) is 24.3 Å². The van der Waals surface area contributed by atoms with Crippen molar-refractivity contribution in [3.8, 4) is 16.9 Å².